The zero-order valence-corrected chi connectivity index (χ0v) is 9.27. The molecule has 0 heterocycles. The lowest BCUT2D eigenvalue weighted by atomic mass is 10.0. The van der Waals surface area contributed by atoms with E-state index in [1.165, 1.54) is 12.1 Å². The van der Waals surface area contributed by atoms with Crippen LogP contribution in [0.5, 0.6) is 0 Å². The van der Waals surface area contributed by atoms with Crippen molar-refractivity contribution < 1.29 is 14.3 Å². The smallest absolute Gasteiger partial charge is 0.305 e. The second kappa shape index (κ2) is 4.94. The van der Waals surface area contributed by atoms with E-state index in [2.05, 4.69) is 0 Å². The van der Waals surface area contributed by atoms with E-state index < -0.39 is 12.0 Å². The molecule has 0 radical (unpaired) electrons. The summed E-state index contributed by atoms with van der Waals surface area (Å²) in [6.45, 7) is 0. The minimum absolute atomic E-state index is 0.168. The van der Waals surface area contributed by atoms with Crippen molar-refractivity contribution in [1.29, 1.82) is 0 Å². The summed E-state index contributed by atoms with van der Waals surface area (Å²) in [7, 11) is 3.43. The Balaban J connectivity index is 2.98. The Morgan fingerprint density at radius 1 is 1.56 bits per heavy atom. The van der Waals surface area contributed by atoms with Crippen LogP contribution in [-0.4, -0.2) is 25.2 Å². The SMILES string of the molecule is CN(C)c1cc(C(N)CC(=O)O)ccc1F. The van der Waals surface area contributed by atoms with E-state index in [0.717, 1.165) is 0 Å². The minimum Gasteiger partial charge on any atom is -0.481 e. The second-order valence-electron chi connectivity index (χ2n) is 3.81. The number of benzene rings is 1. The maximum absolute atomic E-state index is 13.3. The van der Waals surface area contributed by atoms with Crippen LogP contribution >= 0.6 is 0 Å². The van der Waals surface area contributed by atoms with Crippen LogP contribution in [0.3, 0.4) is 0 Å². The number of carboxylic acids is 1. The highest BCUT2D eigenvalue weighted by atomic mass is 19.1. The summed E-state index contributed by atoms with van der Waals surface area (Å²) in [6, 6.07) is 3.77. The van der Waals surface area contributed by atoms with Gasteiger partial charge in [0.2, 0.25) is 0 Å². The number of nitrogens with two attached hydrogens (primary N) is 1. The summed E-state index contributed by atoms with van der Waals surface area (Å²) in [5, 5.41) is 8.61. The predicted molar refractivity (Wildman–Crippen MR) is 59.9 cm³/mol. The van der Waals surface area contributed by atoms with Gasteiger partial charge in [-0.2, -0.15) is 0 Å². The van der Waals surface area contributed by atoms with Gasteiger partial charge in [-0.05, 0) is 17.7 Å². The van der Waals surface area contributed by atoms with Crippen LogP contribution < -0.4 is 10.6 Å². The molecule has 1 rings (SSSR count). The van der Waals surface area contributed by atoms with Crippen molar-refractivity contribution in [1.82, 2.24) is 0 Å². The summed E-state index contributed by atoms with van der Waals surface area (Å²) in [5.41, 5.74) is 6.71. The number of carboxylic acid groups (broad SMARTS) is 1. The van der Waals surface area contributed by atoms with Gasteiger partial charge in [-0.3, -0.25) is 4.79 Å². The minimum atomic E-state index is -0.969. The number of anilines is 1. The van der Waals surface area contributed by atoms with Gasteiger partial charge < -0.3 is 15.7 Å². The number of hydrogen-bond acceptors (Lipinski definition) is 3. The largest absolute Gasteiger partial charge is 0.481 e. The Morgan fingerprint density at radius 3 is 2.69 bits per heavy atom. The first-order chi connectivity index (χ1) is 7.41. The summed E-state index contributed by atoms with van der Waals surface area (Å²) in [6.07, 6.45) is -0.168. The van der Waals surface area contributed by atoms with E-state index in [1.807, 2.05) is 0 Å². The first-order valence-electron chi connectivity index (χ1n) is 4.86. The predicted octanol–water partition coefficient (Wildman–Crippen LogP) is 1.37. The maximum Gasteiger partial charge on any atom is 0.305 e. The Hall–Kier alpha value is -1.62. The van der Waals surface area contributed by atoms with Crippen LogP contribution in [0, 0.1) is 5.82 Å². The van der Waals surface area contributed by atoms with Crippen LogP contribution in [0.25, 0.3) is 0 Å². The molecular formula is C11H15FN2O2. The van der Waals surface area contributed by atoms with Crippen molar-refractivity contribution in [3.8, 4) is 0 Å². The van der Waals surface area contributed by atoms with Crippen molar-refractivity contribution >= 4 is 11.7 Å². The van der Waals surface area contributed by atoms with Gasteiger partial charge in [-0.15, -0.1) is 0 Å². The van der Waals surface area contributed by atoms with Gasteiger partial charge in [0, 0.05) is 20.1 Å². The highest BCUT2D eigenvalue weighted by Crippen LogP contribution is 2.23. The van der Waals surface area contributed by atoms with Gasteiger partial charge in [-0.25, -0.2) is 4.39 Å². The van der Waals surface area contributed by atoms with Gasteiger partial charge in [0.25, 0.3) is 0 Å². The molecule has 16 heavy (non-hydrogen) atoms. The third kappa shape index (κ3) is 2.93. The number of aliphatic carboxylic acids is 1. The van der Waals surface area contributed by atoms with Crippen molar-refractivity contribution in [2.24, 2.45) is 5.73 Å². The van der Waals surface area contributed by atoms with Crippen LogP contribution in [0.1, 0.15) is 18.0 Å². The van der Waals surface area contributed by atoms with Gasteiger partial charge in [0.15, 0.2) is 0 Å². The van der Waals surface area contributed by atoms with Gasteiger partial charge >= 0.3 is 5.97 Å². The zero-order chi connectivity index (χ0) is 12.3. The molecule has 0 aromatic heterocycles. The molecule has 1 aromatic carbocycles. The molecule has 0 bridgehead atoms. The molecule has 0 saturated heterocycles. The van der Waals surface area contributed by atoms with Crippen molar-refractivity contribution in [3.05, 3.63) is 29.6 Å². The zero-order valence-electron chi connectivity index (χ0n) is 9.27. The quantitative estimate of drug-likeness (QED) is 0.813. The molecule has 0 spiro atoms. The van der Waals surface area contributed by atoms with Crippen LogP contribution in [0.2, 0.25) is 0 Å². The molecule has 4 nitrogen and oxygen atoms in total. The summed E-state index contributed by atoms with van der Waals surface area (Å²) >= 11 is 0. The maximum atomic E-state index is 13.3. The van der Waals surface area contributed by atoms with Crippen LogP contribution in [0.4, 0.5) is 10.1 Å². The Bertz CT molecular complexity index is 394. The monoisotopic (exact) mass is 226 g/mol. The second-order valence-corrected chi connectivity index (χ2v) is 3.81. The Kier molecular flexibility index (Phi) is 3.84. The van der Waals surface area contributed by atoms with Crippen LogP contribution in [0.15, 0.2) is 18.2 Å². The molecule has 0 saturated carbocycles. The lowest BCUT2D eigenvalue weighted by Gasteiger charge is -2.17. The standard InChI is InChI=1S/C11H15FN2O2/c1-14(2)10-5-7(3-4-8(10)12)9(13)6-11(15)16/h3-5,9H,6,13H2,1-2H3,(H,15,16). The van der Waals surface area contributed by atoms with Crippen molar-refractivity contribution in [2.75, 3.05) is 19.0 Å². The van der Waals surface area contributed by atoms with Crippen LogP contribution in [-0.2, 0) is 4.79 Å². The molecule has 1 atom stereocenters. The first kappa shape index (κ1) is 12.4. The fraction of sp³-hybridized carbons (Fsp3) is 0.364. The normalized spacial score (nSPS) is 12.2. The topological polar surface area (TPSA) is 66.6 Å². The molecule has 0 amide bonds. The van der Waals surface area contributed by atoms with Gasteiger partial charge in [-0.1, -0.05) is 6.07 Å². The fourth-order valence-electron chi connectivity index (χ4n) is 1.41. The summed E-state index contributed by atoms with van der Waals surface area (Å²) in [4.78, 5) is 12.1. The highest BCUT2D eigenvalue weighted by molar-refractivity contribution is 5.68. The highest BCUT2D eigenvalue weighted by Gasteiger charge is 2.13. The average Bonchev–Trinajstić information content (AvgIpc) is 2.16. The Morgan fingerprint density at radius 2 is 2.19 bits per heavy atom. The molecule has 0 aliphatic heterocycles. The Labute approximate surface area is 93.5 Å². The molecular weight excluding hydrogens is 211 g/mol. The molecule has 0 aliphatic rings. The van der Waals surface area contributed by atoms with E-state index in [0.29, 0.717) is 11.3 Å². The van der Waals surface area contributed by atoms with E-state index in [4.69, 9.17) is 10.8 Å². The lowest BCUT2D eigenvalue weighted by molar-refractivity contribution is -0.137. The lowest BCUT2D eigenvalue weighted by Crippen LogP contribution is -2.17. The van der Waals surface area contributed by atoms with E-state index >= 15 is 0 Å². The molecule has 1 unspecified atom stereocenters. The summed E-state index contributed by atoms with van der Waals surface area (Å²) < 4.78 is 13.3. The van der Waals surface area contributed by atoms with Gasteiger partial charge in [0.1, 0.15) is 5.82 Å². The molecule has 3 N–H and O–H groups in total. The molecule has 0 aliphatic carbocycles. The molecule has 1 aromatic rings. The number of carbonyl (C=O) groups is 1. The molecule has 5 heteroatoms. The number of nitrogens with zero attached hydrogens (tertiary/aromatic N) is 1. The molecule has 88 valence electrons. The fourth-order valence-corrected chi connectivity index (χ4v) is 1.41. The van der Waals surface area contributed by atoms with Gasteiger partial charge in [0.05, 0.1) is 12.1 Å². The number of rotatable bonds is 4. The number of hydrogen-bond donors (Lipinski definition) is 2. The van der Waals surface area contributed by atoms with E-state index in [-0.39, 0.29) is 12.2 Å². The third-order valence-electron chi connectivity index (χ3n) is 2.27. The number of halogens is 1. The first-order valence-corrected chi connectivity index (χ1v) is 4.86. The van der Waals surface area contributed by atoms with Crippen molar-refractivity contribution in [2.45, 2.75) is 12.5 Å². The average molecular weight is 226 g/mol. The molecule has 0 fully saturated rings. The third-order valence-corrected chi connectivity index (χ3v) is 2.27. The van der Waals surface area contributed by atoms with E-state index in [1.54, 1.807) is 25.1 Å². The van der Waals surface area contributed by atoms with E-state index in [9.17, 15) is 9.18 Å². The summed E-state index contributed by atoms with van der Waals surface area (Å²) in [5.74, 6) is -1.32. The van der Waals surface area contributed by atoms with Crippen molar-refractivity contribution in [3.63, 3.8) is 0 Å².